The van der Waals surface area contributed by atoms with E-state index in [2.05, 4.69) is 15.2 Å². The Morgan fingerprint density at radius 1 is 1.15 bits per heavy atom. The van der Waals surface area contributed by atoms with Crippen molar-refractivity contribution in [2.24, 2.45) is 0 Å². The number of carbonyl (C=O) groups is 1. The van der Waals surface area contributed by atoms with Crippen LogP contribution in [0.5, 0.6) is 0 Å². The van der Waals surface area contributed by atoms with Gasteiger partial charge in [-0.05, 0) is 56.2 Å². The van der Waals surface area contributed by atoms with Crippen molar-refractivity contribution in [1.82, 2.24) is 15.2 Å². The molecule has 4 rings (SSSR count). The van der Waals surface area contributed by atoms with E-state index in [1.807, 2.05) is 12.1 Å². The number of likely N-dealkylation sites (tertiary alicyclic amines) is 1. The first-order chi connectivity index (χ1) is 12.8. The normalized spacial score (nSPS) is 30.1. The van der Waals surface area contributed by atoms with Crippen molar-refractivity contribution in [1.29, 1.82) is 0 Å². The van der Waals surface area contributed by atoms with Crippen LogP contribution >= 0.6 is 0 Å². The summed E-state index contributed by atoms with van der Waals surface area (Å²) in [4.78, 5) is 19.1. The minimum absolute atomic E-state index is 0.0435. The van der Waals surface area contributed by atoms with Crippen LogP contribution in [0.25, 0.3) is 0 Å². The molecule has 3 aliphatic heterocycles. The van der Waals surface area contributed by atoms with Gasteiger partial charge in [0.2, 0.25) is 5.91 Å². The molecule has 4 heterocycles. The lowest BCUT2D eigenvalue weighted by Gasteiger charge is -2.40. The second kappa shape index (κ2) is 8.46. The minimum atomic E-state index is -0.289. The minimum Gasteiger partial charge on any atom is -0.381 e. The maximum atomic E-state index is 12.5. The maximum absolute atomic E-state index is 12.5. The highest BCUT2D eigenvalue weighted by molar-refractivity contribution is 5.80. The number of hydrogen-bond acceptors (Lipinski definition) is 5. The first kappa shape index (κ1) is 17.9. The second-order valence-electron chi connectivity index (χ2n) is 7.57. The molecule has 0 radical (unpaired) electrons. The lowest BCUT2D eigenvalue weighted by Crippen LogP contribution is -2.51. The predicted molar refractivity (Wildman–Crippen MR) is 97.8 cm³/mol. The Morgan fingerprint density at radius 3 is 2.77 bits per heavy atom. The standard InChI is InChI=1S/C20H29N3O3/c24-20(22-11-5-15-3-9-21-10-4-15)19-2-1-17-18(26-19)6-12-23(17)16-7-13-25-14-8-16/h3-4,9-10,16-19H,1-2,5-8,11-14H2,(H,22,24)/t17-,18-,19+/m1/s1. The molecule has 1 aromatic rings. The van der Waals surface area contributed by atoms with Crippen molar-refractivity contribution in [3.8, 4) is 0 Å². The van der Waals surface area contributed by atoms with Crippen LogP contribution in [0.4, 0.5) is 0 Å². The Hall–Kier alpha value is -1.50. The average Bonchev–Trinajstić information content (AvgIpc) is 3.12. The third-order valence-electron chi connectivity index (χ3n) is 6.01. The van der Waals surface area contributed by atoms with Crippen LogP contribution in [-0.4, -0.2) is 66.4 Å². The summed E-state index contributed by atoms with van der Waals surface area (Å²) in [7, 11) is 0. The number of carbonyl (C=O) groups excluding carboxylic acids is 1. The monoisotopic (exact) mass is 359 g/mol. The molecule has 0 saturated carbocycles. The number of ether oxygens (including phenoxy) is 2. The van der Waals surface area contributed by atoms with Crippen LogP contribution in [0.3, 0.4) is 0 Å². The van der Waals surface area contributed by atoms with Gasteiger partial charge in [-0.15, -0.1) is 0 Å². The Labute approximate surface area is 155 Å². The molecule has 0 bridgehead atoms. The van der Waals surface area contributed by atoms with E-state index in [1.54, 1.807) is 12.4 Å². The summed E-state index contributed by atoms with van der Waals surface area (Å²) >= 11 is 0. The van der Waals surface area contributed by atoms with Gasteiger partial charge in [-0.1, -0.05) is 0 Å². The Bertz CT molecular complexity index is 591. The molecule has 1 amide bonds. The lowest BCUT2D eigenvalue weighted by atomic mass is 9.96. The summed E-state index contributed by atoms with van der Waals surface area (Å²) in [5, 5.41) is 3.04. The van der Waals surface area contributed by atoms with Crippen LogP contribution in [0.15, 0.2) is 24.5 Å². The highest BCUT2D eigenvalue weighted by Crippen LogP contribution is 2.34. The van der Waals surface area contributed by atoms with Gasteiger partial charge in [0.25, 0.3) is 0 Å². The molecule has 0 aromatic carbocycles. The van der Waals surface area contributed by atoms with Gasteiger partial charge in [0.1, 0.15) is 6.10 Å². The molecule has 142 valence electrons. The summed E-state index contributed by atoms with van der Waals surface area (Å²) in [6.07, 6.45) is 9.49. The van der Waals surface area contributed by atoms with Crippen molar-refractivity contribution in [3.05, 3.63) is 30.1 Å². The van der Waals surface area contributed by atoms with Gasteiger partial charge in [0.15, 0.2) is 0 Å². The fourth-order valence-corrected chi connectivity index (χ4v) is 4.62. The summed E-state index contributed by atoms with van der Waals surface area (Å²) in [5.41, 5.74) is 1.19. The summed E-state index contributed by atoms with van der Waals surface area (Å²) < 4.78 is 11.7. The number of amides is 1. The Morgan fingerprint density at radius 2 is 1.96 bits per heavy atom. The van der Waals surface area contributed by atoms with Crippen molar-refractivity contribution in [2.45, 2.75) is 62.8 Å². The van der Waals surface area contributed by atoms with Crippen LogP contribution in [0.1, 0.15) is 37.7 Å². The lowest BCUT2D eigenvalue weighted by molar-refractivity contribution is -0.144. The highest BCUT2D eigenvalue weighted by atomic mass is 16.5. The van der Waals surface area contributed by atoms with E-state index in [4.69, 9.17) is 9.47 Å². The molecule has 6 nitrogen and oxygen atoms in total. The van der Waals surface area contributed by atoms with Gasteiger partial charge in [0, 0.05) is 50.8 Å². The first-order valence-corrected chi connectivity index (χ1v) is 9.97. The molecule has 0 aliphatic carbocycles. The largest absolute Gasteiger partial charge is 0.381 e. The number of rotatable bonds is 5. The van der Waals surface area contributed by atoms with Gasteiger partial charge in [-0.3, -0.25) is 14.7 Å². The van der Waals surface area contributed by atoms with Crippen LogP contribution in [-0.2, 0) is 20.7 Å². The van der Waals surface area contributed by atoms with E-state index in [0.717, 1.165) is 58.3 Å². The number of pyridine rings is 1. The number of nitrogens with zero attached hydrogens (tertiary/aromatic N) is 2. The third kappa shape index (κ3) is 4.08. The molecule has 0 unspecified atom stereocenters. The van der Waals surface area contributed by atoms with Gasteiger partial charge in [-0.2, -0.15) is 0 Å². The molecule has 3 saturated heterocycles. The summed E-state index contributed by atoms with van der Waals surface area (Å²) in [6, 6.07) is 5.08. The van der Waals surface area contributed by atoms with Crippen molar-refractivity contribution in [2.75, 3.05) is 26.3 Å². The van der Waals surface area contributed by atoms with Crippen LogP contribution in [0, 0.1) is 0 Å². The summed E-state index contributed by atoms with van der Waals surface area (Å²) in [6.45, 7) is 3.49. The molecule has 3 atom stereocenters. The van der Waals surface area contributed by atoms with Crippen molar-refractivity contribution >= 4 is 5.91 Å². The van der Waals surface area contributed by atoms with Gasteiger partial charge >= 0.3 is 0 Å². The number of hydrogen-bond donors (Lipinski definition) is 1. The smallest absolute Gasteiger partial charge is 0.249 e. The van der Waals surface area contributed by atoms with E-state index < -0.39 is 0 Å². The van der Waals surface area contributed by atoms with E-state index in [9.17, 15) is 4.79 Å². The second-order valence-corrected chi connectivity index (χ2v) is 7.57. The van der Waals surface area contributed by atoms with E-state index in [0.29, 0.717) is 18.6 Å². The van der Waals surface area contributed by atoms with Crippen molar-refractivity contribution in [3.63, 3.8) is 0 Å². The first-order valence-electron chi connectivity index (χ1n) is 9.97. The Balaban J connectivity index is 1.24. The SMILES string of the molecule is O=C(NCCc1ccncc1)[C@@H]1CC[C@@H]2[C@@H](CCN2C2CCOCC2)O1. The molecular weight excluding hydrogens is 330 g/mol. The quantitative estimate of drug-likeness (QED) is 0.864. The number of fused-ring (bicyclic) bond motifs is 1. The fourth-order valence-electron chi connectivity index (χ4n) is 4.62. The third-order valence-corrected chi connectivity index (χ3v) is 6.01. The van der Waals surface area contributed by atoms with E-state index in [-0.39, 0.29) is 18.1 Å². The zero-order valence-corrected chi connectivity index (χ0v) is 15.3. The number of nitrogens with one attached hydrogen (secondary N) is 1. The zero-order chi connectivity index (χ0) is 17.8. The fraction of sp³-hybridized carbons (Fsp3) is 0.700. The topological polar surface area (TPSA) is 63.7 Å². The van der Waals surface area contributed by atoms with Gasteiger partial charge in [-0.25, -0.2) is 0 Å². The molecule has 3 aliphatic rings. The van der Waals surface area contributed by atoms with Gasteiger partial charge < -0.3 is 14.8 Å². The number of aromatic nitrogens is 1. The highest BCUT2D eigenvalue weighted by Gasteiger charge is 2.43. The molecular formula is C20H29N3O3. The molecule has 1 N–H and O–H groups in total. The molecule has 3 fully saturated rings. The molecule has 0 spiro atoms. The van der Waals surface area contributed by atoms with Crippen LogP contribution < -0.4 is 5.32 Å². The maximum Gasteiger partial charge on any atom is 0.249 e. The molecule has 26 heavy (non-hydrogen) atoms. The molecule has 6 heteroatoms. The van der Waals surface area contributed by atoms with E-state index >= 15 is 0 Å². The zero-order valence-electron chi connectivity index (χ0n) is 15.3. The van der Waals surface area contributed by atoms with E-state index in [1.165, 1.54) is 5.56 Å². The molecule has 1 aromatic heterocycles. The van der Waals surface area contributed by atoms with Gasteiger partial charge in [0.05, 0.1) is 6.10 Å². The average molecular weight is 359 g/mol. The van der Waals surface area contributed by atoms with Crippen molar-refractivity contribution < 1.29 is 14.3 Å². The Kier molecular flexibility index (Phi) is 5.82. The predicted octanol–water partition coefficient (Wildman–Crippen LogP) is 1.54. The van der Waals surface area contributed by atoms with Crippen LogP contribution in [0.2, 0.25) is 0 Å². The summed E-state index contributed by atoms with van der Waals surface area (Å²) in [5.74, 6) is 0.0435.